The quantitative estimate of drug-likeness (QED) is 0.404. The van der Waals surface area contributed by atoms with Crippen LogP contribution in [0, 0.1) is 11.6 Å². The molecule has 2 aromatic carbocycles. The Morgan fingerprint density at radius 3 is 2.23 bits per heavy atom. The standard InChI is InChI=1S/C22H22F4/c1-2-3-4-18-9-10-19(21(24)20(18)23)17-7-5-15(6-8-17)16-11-13-22(25,26)14-12-16/h2-3,5-10,16H,4,11-14H2,1H3. The number of rotatable bonds is 4. The van der Waals surface area contributed by atoms with Crippen molar-refractivity contribution in [3.8, 4) is 11.1 Å². The second-order valence-corrected chi connectivity index (χ2v) is 6.93. The Balaban J connectivity index is 1.80. The van der Waals surface area contributed by atoms with Crippen LogP contribution in [0.3, 0.4) is 0 Å². The van der Waals surface area contributed by atoms with E-state index in [0.717, 1.165) is 5.56 Å². The highest BCUT2D eigenvalue weighted by Crippen LogP contribution is 2.41. The van der Waals surface area contributed by atoms with Crippen LogP contribution >= 0.6 is 0 Å². The summed E-state index contributed by atoms with van der Waals surface area (Å²) in [6.45, 7) is 1.83. The van der Waals surface area contributed by atoms with Gasteiger partial charge in [-0.05, 0) is 48.8 Å². The average molecular weight is 362 g/mol. The molecule has 26 heavy (non-hydrogen) atoms. The Bertz CT molecular complexity index is 781. The molecule has 1 fully saturated rings. The summed E-state index contributed by atoms with van der Waals surface area (Å²) in [5.41, 5.74) is 2.11. The van der Waals surface area contributed by atoms with Crippen molar-refractivity contribution in [2.45, 2.75) is 50.9 Å². The van der Waals surface area contributed by atoms with E-state index in [1.54, 1.807) is 36.4 Å². The third-order valence-corrected chi connectivity index (χ3v) is 5.15. The van der Waals surface area contributed by atoms with Crippen LogP contribution in [0.25, 0.3) is 11.1 Å². The minimum Gasteiger partial charge on any atom is -0.207 e. The third kappa shape index (κ3) is 4.00. The fourth-order valence-electron chi connectivity index (χ4n) is 3.52. The molecule has 2 aromatic rings. The molecule has 0 atom stereocenters. The fourth-order valence-corrected chi connectivity index (χ4v) is 3.52. The van der Waals surface area contributed by atoms with Gasteiger partial charge in [0.2, 0.25) is 5.92 Å². The van der Waals surface area contributed by atoms with E-state index < -0.39 is 17.6 Å². The van der Waals surface area contributed by atoms with Crippen LogP contribution in [0.5, 0.6) is 0 Å². The molecule has 1 aliphatic carbocycles. The van der Waals surface area contributed by atoms with Crippen LogP contribution in [0.1, 0.15) is 49.7 Å². The van der Waals surface area contributed by atoms with Gasteiger partial charge in [-0.3, -0.25) is 0 Å². The van der Waals surface area contributed by atoms with E-state index in [2.05, 4.69) is 0 Å². The van der Waals surface area contributed by atoms with Crippen LogP contribution in [0.15, 0.2) is 48.6 Å². The number of hydrogen-bond acceptors (Lipinski definition) is 0. The first-order chi connectivity index (χ1) is 12.4. The van der Waals surface area contributed by atoms with E-state index in [1.165, 1.54) is 0 Å². The van der Waals surface area contributed by atoms with Gasteiger partial charge in [0.1, 0.15) is 0 Å². The van der Waals surface area contributed by atoms with Gasteiger partial charge in [-0.25, -0.2) is 17.6 Å². The Morgan fingerprint density at radius 1 is 0.962 bits per heavy atom. The average Bonchev–Trinajstić information content (AvgIpc) is 2.63. The highest BCUT2D eigenvalue weighted by molar-refractivity contribution is 5.65. The van der Waals surface area contributed by atoms with Gasteiger partial charge in [0.15, 0.2) is 11.6 Å². The fraction of sp³-hybridized carbons (Fsp3) is 0.364. The molecule has 0 amide bonds. The molecule has 0 nitrogen and oxygen atoms in total. The minimum absolute atomic E-state index is 0.0904. The van der Waals surface area contributed by atoms with Crippen LogP contribution in [-0.4, -0.2) is 5.92 Å². The molecule has 1 saturated carbocycles. The van der Waals surface area contributed by atoms with E-state index in [4.69, 9.17) is 0 Å². The SMILES string of the molecule is CC=CCc1ccc(-c2ccc(C3CCC(F)(F)CC3)cc2)c(F)c1F. The number of alkyl halides is 2. The normalized spacial score (nSPS) is 17.7. The van der Waals surface area contributed by atoms with Gasteiger partial charge in [-0.2, -0.15) is 0 Å². The van der Waals surface area contributed by atoms with Crippen molar-refractivity contribution in [1.82, 2.24) is 0 Å². The third-order valence-electron chi connectivity index (χ3n) is 5.15. The van der Waals surface area contributed by atoms with Crippen molar-refractivity contribution >= 4 is 0 Å². The van der Waals surface area contributed by atoms with E-state index in [0.29, 0.717) is 30.4 Å². The van der Waals surface area contributed by atoms with Gasteiger partial charge in [-0.15, -0.1) is 0 Å². The lowest BCUT2D eigenvalue weighted by Gasteiger charge is -2.28. The zero-order valence-corrected chi connectivity index (χ0v) is 14.7. The van der Waals surface area contributed by atoms with Gasteiger partial charge < -0.3 is 0 Å². The maximum absolute atomic E-state index is 14.4. The lowest BCUT2D eigenvalue weighted by Crippen LogP contribution is -2.23. The predicted molar refractivity (Wildman–Crippen MR) is 96.5 cm³/mol. The zero-order chi connectivity index (χ0) is 18.7. The highest BCUT2D eigenvalue weighted by atomic mass is 19.3. The molecule has 0 aliphatic heterocycles. The maximum Gasteiger partial charge on any atom is 0.248 e. The molecule has 4 heteroatoms. The van der Waals surface area contributed by atoms with Crippen molar-refractivity contribution in [1.29, 1.82) is 0 Å². The molecule has 0 saturated heterocycles. The van der Waals surface area contributed by atoms with Crippen LogP contribution in [0.4, 0.5) is 17.6 Å². The summed E-state index contributed by atoms with van der Waals surface area (Å²) in [7, 11) is 0. The first-order valence-electron chi connectivity index (χ1n) is 8.97. The molecule has 138 valence electrons. The number of benzene rings is 2. The first-order valence-corrected chi connectivity index (χ1v) is 8.97. The summed E-state index contributed by atoms with van der Waals surface area (Å²) in [6.07, 6.45) is 4.65. The Labute approximate surface area is 151 Å². The predicted octanol–water partition coefficient (Wildman–Crippen LogP) is 7.04. The summed E-state index contributed by atoms with van der Waals surface area (Å²) < 4.78 is 55.2. The van der Waals surface area contributed by atoms with Crippen molar-refractivity contribution < 1.29 is 17.6 Å². The zero-order valence-electron chi connectivity index (χ0n) is 14.7. The lowest BCUT2D eigenvalue weighted by molar-refractivity contribution is -0.0382. The maximum atomic E-state index is 14.4. The topological polar surface area (TPSA) is 0 Å². The molecular formula is C22H22F4. The molecule has 3 rings (SSSR count). The lowest BCUT2D eigenvalue weighted by atomic mass is 9.82. The molecule has 0 aromatic heterocycles. The number of halogens is 4. The van der Waals surface area contributed by atoms with Crippen LogP contribution in [-0.2, 0) is 6.42 Å². The van der Waals surface area contributed by atoms with Crippen LogP contribution in [0.2, 0.25) is 0 Å². The summed E-state index contributed by atoms with van der Waals surface area (Å²) in [5.74, 6) is -4.11. The Kier molecular flexibility index (Phi) is 5.49. The van der Waals surface area contributed by atoms with Crippen molar-refractivity contribution in [2.24, 2.45) is 0 Å². The van der Waals surface area contributed by atoms with E-state index in [-0.39, 0.29) is 24.3 Å². The van der Waals surface area contributed by atoms with E-state index >= 15 is 0 Å². The summed E-state index contributed by atoms with van der Waals surface area (Å²) in [5, 5.41) is 0. The van der Waals surface area contributed by atoms with Gasteiger partial charge in [0.05, 0.1) is 0 Å². The molecule has 0 unspecified atom stereocenters. The largest absolute Gasteiger partial charge is 0.248 e. The van der Waals surface area contributed by atoms with Crippen molar-refractivity contribution in [2.75, 3.05) is 0 Å². The molecule has 0 heterocycles. The van der Waals surface area contributed by atoms with Crippen molar-refractivity contribution in [3.63, 3.8) is 0 Å². The molecule has 0 N–H and O–H groups in total. The van der Waals surface area contributed by atoms with Crippen LogP contribution < -0.4 is 0 Å². The molecule has 0 spiro atoms. The second kappa shape index (κ2) is 7.65. The monoisotopic (exact) mass is 362 g/mol. The Morgan fingerprint density at radius 2 is 1.62 bits per heavy atom. The van der Waals surface area contributed by atoms with E-state index in [9.17, 15) is 17.6 Å². The summed E-state index contributed by atoms with van der Waals surface area (Å²) in [6, 6.07) is 10.4. The molecule has 1 aliphatic rings. The second-order valence-electron chi connectivity index (χ2n) is 6.93. The minimum atomic E-state index is -2.55. The smallest absolute Gasteiger partial charge is 0.207 e. The highest BCUT2D eigenvalue weighted by Gasteiger charge is 2.35. The summed E-state index contributed by atoms with van der Waals surface area (Å²) in [4.78, 5) is 0. The Hall–Kier alpha value is -2.10. The summed E-state index contributed by atoms with van der Waals surface area (Å²) >= 11 is 0. The molecular weight excluding hydrogens is 340 g/mol. The van der Waals surface area contributed by atoms with E-state index in [1.807, 2.05) is 19.1 Å². The van der Waals surface area contributed by atoms with Gasteiger partial charge in [-0.1, -0.05) is 48.6 Å². The van der Waals surface area contributed by atoms with Gasteiger partial charge >= 0.3 is 0 Å². The van der Waals surface area contributed by atoms with Gasteiger partial charge in [0.25, 0.3) is 0 Å². The first kappa shape index (κ1) is 18.7. The number of allylic oxidation sites excluding steroid dienone is 2. The molecule has 0 radical (unpaired) electrons. The van der Waals surface area contributed by atoms with Crippen molar-refractivity contribution in [3.05, 3.63) is 71.3 Å². The molecule has 0 bridgehead atoms. The number of hydrogen-bond donors (Lipinski definition) is 0. The van der Waals surface area contributed by atoms with Gasteiger partial charge in [0, 0.05) is 18.4 Å².